The van der Waals surface area contributed by atoms with Crippen molar-refractivity contribution in [2.75, 3.05) is 38.0 Å². The summed E-state index contributed by atoms with van der Waals surface area (Å²) >= 11 is 0. The van der Waals surface area contributed by atoms with E-state index in [-0.39, 0.29) is 11.7 Å². The van der Waals surface area contributed by atoms with E-state index in [2.05, 4.69) is 29.3 Å². The van der Waals surface area contributed by atoms with Crippen molar-refractivity contribution in [2.24, 2.45) is 5.92 Å². The van der Waals surface area contributed by atoms with Crippen molar-refractivity contribution in [1.29, 1.82) is 0 Å². The third kappa shape index (κ3) is 4.67. The molecule has 0 spiro atoms. The van der Waals surface area contributed by atoms with Gasteiger partial charge < -0.3 is 19.9 Å². The van der Waals surface area contributed by atoms with Crippen molar-refractivity contribution in [3.63, 3.8) is 0 Å². The van der Waals surface area contributed by atoms with Crippen molar-refractivity contribution in [1.82, 2.24) is 9.88 Å². The fourth-order valence-electron chi connectivity index (χ4n) is 5.61. The minimum atomic E-state index is -0.0311. The summed E-state index contributed by atoms with van der Waals surface area (Å²) in [5, 5.41) is 4.59. The lowest BCUT2D eigenvalue weighted by atomic mass is 9.85. The number of carbonyl (C=O) groups is 2. The number of Topliss-reactive ketones (excluding diaryl/α,β-unsaturated/α-hetero) is 1. The maximum Gasteiger partial charge on any atom is 0.258 e. The number of nitrogens with one attached hydrogen (secondary N) is 1. The summed E-state index contributed by atoms with van der Waals surface area (Å²) < 4.78 is 5.34. The first-order valence-electron chi connectivity index (χ1n) is 12.7. The number of methoxy groups -OCH3 is 1. The summed E-state index contributed by atoms with van der Waals surface area (Å²) in [5.41, 5.74) is 4.66. The standard InChI is InChI=1S/C29H34N4O3/c1-18(34)26-15-30-27-12-9-22(33-17-20-13-23(36-4)10-11-24(20)29(33)35)14-25(27)28(26)31-21-7-5-19(6-8-21)16-32(2)3/h9-15,19,21H,5-8,16-17H2,1-4H3,(H,30,31). The molecule has 0 radical (unpaired) electrons. The molecule has 1 amide bonds. The molecule has 36 heavy (non-hydrogen) atoms. The number of carbonyl (C=O) groups excluding carboxylic acids is 2. The number of ether oxygens (including phenoxy) is 1. The number of amides is 1. The molecule has 0 atom stereocenters. The van der Waals surface area contributed by atoms with Gasteiger partial charge in [-0.2, -0.15) is 0 Å². The van der Waals surface area contributed by atoms with Gasteiger partial charge in [-0.15, -0.1) is 0 Å². The third-order valence-electron chi connectivity index (χ3n) is 7.48. The van der Waals surface area contributed by atoms with Gasteiger partial charge >= 0.3 is 0 Å². The van der Waals surface area contributed by atoms with Crippen LogP contribution in [0.2, 0.25) is 0 Å². The van der Waals surface area contributed by atoms with E-state index in [1.54, 1.807) is 25.1 Å². The molecule has 1 aliphatic carbocycles. The second-order valence-corrected chi connectivity index (χ2v) is 10.3. The average molecular weight is 487 g/mol. The van der Waals surface area contributed by atoms with Crippen LogP contribution in [0.4, 0.5) is 11.4 Å². The molecule has 3 aromatic rings. The minimum Gasteiger partial charge on any atom is -0.497 e. The van der Waals surface area contributed by atoms with Gasteiger partial charge in [-0.05, 0) is 94.6 Å². The summed E-state index contributed by atoms with van der Waals surface area (Å²) in [7, 11) is 5.89. The van der Waals surface area contributed by atoms with Crippen molar-refractivity contribution in [2.45, 2.75) is 45.2 Å². The summed E-state index contributed by atoms with van der Waals surface area (Å²) in [6.07, 6.45) is 6.16. The number of hydrogen-bond donors (Lipinski definition) is 1. The maximum absolute atomic E-state index is 13.2. The van der Waals surface area contributed by atoms with Crippen molar-refractivity contribution in [3.05, 3.63) is 59.3 Å². The Labute approximate surface area is 212 Å². The Morgan fingerprint density at radius 2 is 1.92 bits per heavy atom. The van der Waals surface area contributed by atoms with Crippen molar-refractivity contribution < 1.29 is 14.3 Å². The lowest BCUT2D eigenvalue weighted by Crippen LogP contribution is -2.31. The smallest absolute Gasteiger partial charge is 0.258 e. The van der Waals surface area contributed by atoms with Crippen LogP contribution in [-0.4, -0.2) is 55.4 Å². The van der Waals surface area contributed by atoms with Crippen molar-refractivity contribution >= 4 is 34.0 Å². The van der Waals surface area contributed by atoms with Crippen LogP contribution in [0.3, 0.4) is 0 Å². The zero-order valence-electron chi connectivity index (χ0n) is 21.5. The van der Waals surface area contributed by atoms with Crippen LogP contribution < -0.4 is 15.0 Å². The first kappa shape index (κ1) is 24.3. The second kappa shape index (κ2) is 9.90. The zero-order chi connectivity index (χ0) is 25.4. The van der Waals surface area contributed by atoms with Gasteiger partial charge in [0.1, 0.15) is 5.75 Å². The molecule has 7 heteroatoms. The molecule has 5 rings (SSSR count). The first-order valence-corrected chi connectivity index (χ1v) is 12.7. The van der Waals surface area contributed by atoms with E-state index in [1.165, 1.54) is 12.8 Å². The summed E-state index contributed by atoms with van der Waals surface area (Å²) in [4.78, 5) is 34.4. The highest BCUT2D eigenvalue weighted by Gasteiger charge is 2.30. The molecule has 0 unspecified atom stereocenters. The minimum absolute atomic E-state index is 0.0182. The number of hydrogen-bond acceptors (Lipinski definition) is 6. The second-order valence-electron chi connectivity index (χ2n) is 10.3. The van der Waals surface area contributed by atoms with Crippen LogP contribution in [0.15, 0.2) is 42.6 Å². The predicted molar refractivity (Wildman–Crippen MR) is 143 cm³/mol. The number of fused-ring (bicyclic) bond motifs is 2. The summed E-state index contributed by atoms with van der Waals surface area (Å²) in [6.45, 7) is 3.18. The van der Waals surface area contributed by atoms with Gasteiger partial charge in [0.15, 0.2) is 5.78 Å². The van der Waals surface area contributed by atoms with Crippen LogP contribution in [0.5, 0.6) is 5.75 Å². The number of rotatable bonds is 7. The van der Waals surface area contributed by atoms with Crippen LogP contribution in [0, 0.1) is 5.92 Å². The highest BCUT2D eigenvalue weighted by atomic mass is 16.5. The Kier molecular flexibility index (Phi) is 6.67. The quantitative estimate of drug-likeness (QED) is 0.466. The van der Waals surface area contributed by atoms with E-state index in [4.69, 9.17) is 4.74 Å². The number of anilines is 2. The Hall–Kier alpha value is -3.45. The molecule has 1 fully saturated rings. The molecule has 188 valence electrons. The number of nitrogens with zero attached hydrogens (tertiary/aromatic N) is 3. The maximum atomic E-state index is 13.2. The fourth-order valence-corrected chi connectivity index (χ4v) is 5.61. The fraction of sp³-hybridized carbons (Fsp3) is 0.414. The summed E-state index contributed by atoms with van der Waals surface area (Å²) in [6, 6.07) is 11.7. The number of benzene rings is 2. The Bertz CT molecular complexity index is 1310. The molecule has 1 aliphatic heterocycles. The van der Waals surface area contributed by atoms with Gasteiger partial charge in [0, 0.05) is 35.4 Å². The molecule has 1 N–H and O–H groups in total. The normalized spacial score (nSPS) is 19.6. The number of ketones is 1. The lowest BCUT2D eigenvalue weighted by Gasteiger charge is -2.32. The van der Waals surface area contributed by atoms with Crippen LogP contribution in [0.25, 0.3) is 10.9 Å². The largest absolute Gasteiger partial charge is 0.497 e. The average Bonchev–Trinajstić information content (AvgIpc) is 3.20. The molecule has 1 saturated carbocycles. The lowest BCUT2D eigenvalue weighted by molar-refractivity contribution is 0.0993. The van der Waals surface area contributed by atoms with Crippen molar-refractivity contribution in [3.8, 4) is 5.75 Å². The molecular weight excluding hydrogens is 452 g/mol. The highest BCUT2D eigenvalue weighted by molar-refractivity contribution is 6.12. The monoisotopic (exact) mass is 486 g/mol. The van der Waals surface area contributed by atoms with E-state index in [0.29, 0.717) is 29.6 Å². The van der Waals surface area contributed by atoms with Gasteiger partial charge in [0.05, 0.1) is 30.4 Å². The van der Waals surface area contributed by atoms with E-state index >= 15 is 0 Å². The van der Waals surface area contributed by atoms with Gasteiger partial charge in [-0.25, -0.2) is 0 Å². The number of aromatic nitrogens is 1. The molecule has 1 aromatic heterocycles. The molecule has 2 heterocycles. The molecule has 0 saturated heterocycles. The molecule has 2 aromatic carbocycles. The molecule has 7 nitrogen and oxygen atoms in total. The third-order valence-corrected chi connectivity index (χ3v) is 7.48. The summed E-state index contributed by atoms with van der Waals surface area (Å²) in [5.74, 6) is 1.41. The SMILES string of the molecule is COc1ccc2c(c1)CN(c1ccc3ncc(C(C)=O)c(NC4CCC(CN(C)C)CC4)c3c1)C2=O. The van der Waals surface area contributed by atoms with Gasteiger partial charge in [0.25, 0.3) is 5.91 Å². The topological polar surface area (TPSA) is 74.8 Å². The molecule has 2 aliphatic rings. The zero-order valence-corrected chi connectivity index (χ0v) is 21.5. The van der Waals surface area contributed by atoms with E-state index in [9.17, 15) is 9.59 Å². The van der Waals surface area contributed by atoms with Gasteiger partial charge in [-0.3, -0.25) is 14.6 Å². The van der Waals surface area contributed by atoms with E-state index in [1.807, 2.05) is 36.4 Å². The Morgan fingerprint density at radius 3 is 2.61 bits per heavy atom. The Morgan fingerprint density at radius 1 is 1.14 bits per heavy atom. The van der Waals surface area contributed by atoms with Crippen LogP contribution >= 0.6 is 0 Å². The number of pyridine rings is 1. The molecule has 0 bridgehead atoms. The van der Waals surface area contributed by atoms with Gasteiger partial charge in [-0.1, -0.05) is 0 Å². The van der Waals surface area contributed by atoms with Crippen LogP contribution in [0.1, 0.15) is 58.9 Å². The van der Waals surface area contributed by atoms with Crippen LogP contribution in [-0.2, 0) is 6.54 Å². The Balaban J connectivity index is 1.46. The highest BCUT2D eigenvalue weighted by Crippen LogP contribution is 2.36. The van der Waals surface area contributed by atoms with Gasteiger partial charge in [0.2, 0.25) is 0 Å². The predicted octanol–water partition coefficient (Wildman–Crippen LogP) is 5.14. The van der Waals surface area contributed by atoms with E-state index < -0.39 is 0 Å². The first-order chi connectivity index (χ1) is 17.3. The molecular formula is C29H34N4O3. The van der Waals surface area contributed by atoms with E-state index in [0.717, 1.165) is 53.0 Å².